The van der Waals surface area contributed by atoms with Crippen LogP contribution in [-0.2, 0) is 14.6 Å². The summed E-state index contributed by atoms with van der Waals surface area (Å²) < 4.78 is 27.8. The molecule has 0 saturated carbocycles. The molecule has 0 aromatic carbocycles. The molecule has 0 bridgehead atoms. The predicted octanol–water partition coefficient (Wildman–Crippen LogP) is 2.00. The van der Waals surface area contributed by atoms with E-state index in [0.29, 0.717) is 18.9 Å². The smallest absolute Gasteiger partial charge is 0.410 e. The van der Waals surface area contributed by atoms with Crippen LogP contribution in [0.5, 0.6) is 0 Å². The fraction of sp³-hybridized carbons (Fsp3) is 0.938. The van der Waals surface area contributed by atoms with Crippen molar-refractivity contribution in [2.24, 2.45) is 5.92 Å². The Kier molecular flexibility index (Phi) is 7.32. The van der Waals surface area contributed by atoms with E-state index in [1.165, 1.54) is 6.26 Å². The highest BCUT2D eigenvalue weighted by Gasteiger charge is 2.25. The molecule has 1 amide bonds. The van der Waals surface area contributed by atoms with Crippen LogP contribution in [0.4, 0.5) is 4.79 Å². The van der Waals surface area contributed by atoms with Crippen molar-refractivity contribution in [1.82, 2.24) is 9.80 Å². The maximum absolute atomic E-state index is 12.0. The summed E-state index contributed by atoms with van der Waals surface area (Å²) >= 11 is 0. The van der Waals surface area contributed by atoms with Crippen LogP contribution in [-0.4, -0.2) is 75.1 Å². The molecule has 6 nitrogen and oxygen atoms in total. The normalized spacial score (nSPS) is 20.3. The van der Waals surface area contributed by atoms with Gasteiger partial charge in [0.15, 0.2) is 0 Å². The van der Waals surface area contributed by atoms with Crippen LogP contribution in [0.3, 0.4) is 0 Å². The van der Waals surface area contributed by atoms with Gasteiger partial charge in [-0.05, 0) is 59.0 Å². The number of hydrogen-bond donors (Lipinski definition) is 0. The summed E-state index contributed by atoms with van der Waals surface area (Å²) in [7, 11) is -1.11. The Labute approximate surface area is 141 Å². The van der Waals surface area contributed by atoms with Gasteiger partial charge >= 0.3 is 6.09 Å². The van der Waals surface area contributed by atoms with E-state index >= 15 is 0 Å². The number of sulfone groups is 1. The Balaban J connectivity index is 2.38. The molecule has 0 aliphatic carbocycles. The lowest BCUT2D eigenvalue weighted by molar-refractivity contribution is 0.0244. The summed E-state index contributed by atoms with van der Waals surface area (Å²) in [5, 5.41) is 0. The molecule has 1 atom stereocenters. The standard InChI is InChI=1S/C16H32N2O4S/c1-16(2,3)22-15(19)17(4)12-14-8-6-9-18(13-14)10-7-11-23(5,20)21/h14H,6-13H2,1-5H3. The minimum Gasteiger partial charge on any atom is -0.444 e. The van der Waals surface area contributed by atoms with Gasteiger partial charge in [0.25, 0.3) is 0 Å². The Hall–Kier alpha value is -0.820. The molecule has 136 valence electrons. The minimum atomic E-state index is -2.88. The average molecular weight is 349 g/mol. The molecule has 0 aromatic heterocycles. The van der Waals surface area contributed by atoms with E-state index in [0.717, 1.165) is 32.5 Å². The molecule has 23 heavy (non-hydrogen) atoms. The van der Waals surface area contributed by atoms with Gasteiger partial charge in [0.1, 0.15) is 15.4 Å². The fourth-order valence-electron chi connectivity index (χ4n) is 2.86. The molecule has 1 aliphatic rings. The summed E-state index contributed by atoms with van der Waals surface area (Å²) in [4.78, 5) is 16.0. The molecule has 1 unspecified atom stereocenters. The Morgan fingerprint density at radius 1 is 1.35 bits per heavy atom. The molecular formula is C16H32N2O4S. The summed E-state index contributed by atoms with van der Waals surface area (Å²) in [5.41, 5.74) is -0.477. The number of amides is 1. The van der Waals surface area contributed by atoms with Crippen LogP contribution < -0.4 is 0 Å². The van der Waals surface area contributed by atoms with Crippen molar-refractivity contribution in [2.75, 3.05) is 45.2 Å². The molecule has 7 heteroatoms. The van der Waals surface area contributed by atoms with E-state index in [9.17, 15) is 13.2 Å². The summed E-state index contributed by atoms with van der Waals surface area (Å²) in [6.07, 6.45) is 3.85. The Morgan fingerprint density at radius 2 is 2.00 bits per heavy atom. The van der Waals surface area contributed by atoms with Crippen molar-refractivity contribution in [1.29, 1.82) is 0 Å². The van der Waals surface area contributed by atoms with Crippen molar-refractivity contribution < 1.29 is 17.9 Å². The second kappa shape index (κ2) is 8.33. The van der Waals surface area contributed by atoms with Crippen LogP contribution in [0.25, 0.3) is 0 Å². The molecule has 1 heterocycles. The number of carbonyl (C=O) groups excluding carboxylic acids is 1. The first kappa shape index (κ1) is 20.2. The quantitative estimate of drug-likeness (QED) is 0.734. The van der Waals surface area contributed by atoms with Crippen LogP contribution in [0, 0.1) is 5.92 Å². The van der Waals surface area contributed by atoms with Crippen molar-refractivity contribution in [3.63, 3.8) is 0 Å². The van der Waals surface area contributed by atoms with Gasteiger partial charge in [-0.1, -0.05) is 0 Å². The van der Waals surface area contributed by atoms with Crippen molar-refractivity contribution >= 4 is 15.9 Å². The highest BCUT2D eigenvalue weighted by Crippen LogP contribution is 2.18. The largest absolute Gasteiger partial charge is 0.444 e. The number of rotatable bonds is 6. The first-order valence-electron chi connectivity index (χ1n) is 8.30. The molecule has 0 radical (unpaired) electrons. The van der Waals surface area contributed by atoms with Gasteiger partial charge in [-0.2, -0.15) is 0 Å². The second-order valence-electron chi connectivity index (χ2n) is 7.65. The first-order valence-corrected chi connectivity index (χ1v) is 10.4. The van der Waals surface area contributed by atoms with E-state index in [1.54, 1.807) is 11.9 Å². The lowest BCUT2D eigenvalue weighted by Crippen LogP contribution is -2.43. The van der Waals surface area contributed by atoms with E-state index in [2.05, 4.69) is 4.90 Å². The molecular weight excluding hydrogens is 316 g/mol. The Morgan fingerprint density at radius 3 is 2.57 bits per heavy atom. The van der Waals surface area contributed by atoms with E-state index in [4.69, 9.17) is 4.74 Å². The number of piperidine rings is 1. The lowest BCUT2D eigenvalue weighted by Gasteiger charge is -2.35. The van der Waals surface area contributed by atoms with E-state index in [-0.39, 0.29) is 11.8 Å². The third-order valence-corrected chi connectivity index (χ3v) is 4.86. The maximum atomic E-state index is 12.0. The van der Waals surface area contributed by atoms with Crippen LogP contribution in [0.15, 0.2) is 0 Å². The van der Waals surface area contributed by atoms with Gasteiger partial charge in [0, 0.05) is 26.4 Å². The summed E-state index contributed by atoms with van der Waals surface area (Å²) in [6, 6.07) is 0. The van der Waals surface area contributed by atoms with Gasteiger partial charge in [0.2, 0.25) is 0 Å². The maximum Gasteiger partial charge on any atom is 0.410 e. The zero-order valence-electron chi connectivity index (χ0n) is 15.2. The van der Waals surface area contributed by atoms with Crippen LogP contribution >= 0.6 is 0 Å². The third-order valence-electron chi connectivity index (χ3n) is 3.83. The average Bonchev–Trinajstić information content (AvgIpc) is 2.35. The zero-order chi connectivity index (χ0) is 17.7. The zero-order valence-corrected chi connectivity index (χ0v) is 16.0. The SMILES string of the molecule is CN(CC1CCCN(CCCS(C)(=O)=O)C1)C(=O)OC(C)(C)C. The second-order valence-corrected chi connectivity index (χ2v) is 9.91. The lowest BCUT2D eigenvalue weighted by atomic mass is 9.97. The predicted molar refractivity (Wildman–Crippen MR) is 92.4 cm³/mol. The van der Waals surface area contributed by atoms with Crippen molar-refractivity contribution in [2.45, 2.75) is 45.6 Å². The monoisotopic (exact) mass is 348 g/mol. The number of likely N-dealkylation sites (tertiary alicyclic amines) is 1. The van der Waals surface area contributed by atoms with Crippen LogP contribution in [0.1, 0.15) is 40.0 Å². The molecule has 1 aliphatic heterocycles. The highest BCUT2D eigenvalue weighted by molar-refractivity contribution is 7.90. The minimum absolute atomic E-state index is 0.242. The van der Waals surface area contributed by atoms with Gasteiger partial charge in [-0.15, -0.1) is 0 Å². The molecule has 1 fully saturated rings. The first-order chi connectivity index (χ1) is 10.5. The van der Waals surface area contributed by atoms with Gasteiger partial charge in [0.05, 0.1) is 5.75 Å². The van der Waals surface area contributed by atoms with Crippen molar-refractivity contribution in [3.05, 3.63) is 0 Å². The Bertz CT molecular complexity index is 485. The summed E-state index contributed by atoms with van der Waals surface area (Å²) in [6.45, 7) is 9.00. The van der Waals surface area contributed by atoms with Crippen molar-refractivity contribution in [3.8, 4) is 0 Å². The van der Waals surface area contributed by atoms with Crippen LogP contribution in [0.2, 0.25) is 0 Å². The molecule has 1 rings (SSSR count). The van der Waals surface area contributed by atoms with E-state index in [1.807, 2.05) is 20.8 Å². The summed E-state index contributed by atoms with van der Waals surface area (Å²) in [5.74, 6) is 0.658. The number of nitrogens with zero attached hydrogens (tertiary/aromatic N) is 2. The number of ether oxygens (including phenoxy) is 1. The third kappa shape index (κ3) is 9.15. The topological polar surface area (TPSA) is 66.9 Å². The van der Waals surface area contributed by atoms with E-state index < -0.39 is 15.4 Å². The molecule has 0 N–H and O–H groups in total. The number of carbonyl (C=O) groups is 1. The van der Waals surface area contributed by atoms with Gasteiger partial charge < -0.3 is 14.5 Å². The number of hydrogen-bond acceptors (Lipinski definition) is 5. The molecule has 0 aromatic rings. The molecule has 0 spiro atoms. The van der Waals surface area contributed by atoms with Gasteiger partial charge in [-0.25, -0.2) is 13.2 Å². The fourth-order valence-corrected chi connectivity index (χ4v) is 3.51. The highest BCUT2D eigenvalue weighted by atomic mass is 32.2. The molecule has 1 saturated heterocycles. The van der Waals surface area contributed by atoms with Gasteiger partial charge in [-0.3, -0.25) is 0 Å².